The van der Waals surface area contributed by atoms with Gasteiger partial charge in [-0.1, -0.05) is 6.92 Å². The SMILES string of the molecule is CC1CCC(Oc2ccc(N=CN3CCCC3)cn2)CC1. The van der Waals surface area contributed by atoms with Gasteiger partial charge in [0.25, 0.3) is 0 Å². The summed E-state index contributed by atoms with van der Waals surface area (Å²) in [5.74, 6) is 1.58. The van der Waals surface area contributed by atoms with Crippen LogP contribution in [0.5, 0.6) is 5.88 Å². The lowest BCUT2D eigenvalue weighted by molar-refractivity contribution is 0.130. The molecule has 3 rings (SSSR count). The van der Waals surface area contributed by atoms with Crippen molar-refractivity contribution in [3.63, 3.8) is 0 Å². The maximum absolute atomic E-state index is 5.96. The lowest BCUT2D eigenvalue weighted by Gasteiger charge is -2.26. The Morgan fingerprint density at radius 3 is 2.62 bits per heavy atom. The van der Waals surface area contributed by atoms with Gasteiger partial charge in [-0.15, -0.1) is 0 Å². The minimum atomic E-state index is 0.340. The van der Waals surface area contributed by atoms with Crippen molar-refractivity contribution < 1.29 is 4.74 Å². The van der Waals surface area contributed by atoms with Gasteiger partial charge in [-0.25, -0.2) is 9.98 Å². The fraction of sp³-hybridized carbons (Fsp3) is 0.647. The van der Waals surface area contributed by atoms with Crippen LogP contribution in [0.4, 0.5) is 5.69 Å². The Labute approximate surface area is 127 Å². The van der Waals surface area contributed by atoms with Crippen molar-refractivity contribution in [1.82, 2.24) is 9.88 Å². The van der Waals surface area contributed by atoms with E-state index < -0.39 is 0 Å². The van der Waals surface area contributed by atoms with Gasteiger partial charge in [0.05, 0.1) is 18.2 Å². The first-order chi connectivity index (χ1) is 10.3. The van der Waals surface area contributed by atoms with E-state index in [4.69, 9.17) is 4.74 Å². The zero-order valence-electron chi connectivity index (χ0n) is 12.9. The molecule has 0 spiro atoms. The van der Waals surface area contributed by atoms with Crippen molar-refractivity contribution >= 4 is 12.0 Å². The number of hydrogen-bond acceptors (Lipinski definition) is 3. The van der Waals surface area contributed by atoms with Crippen molar-refractivity contribution in [3.8, 4) is 5.88 Å². The zero-order chi connectivity index (χ0) is 14.5. The average Bonchev–Trinajstić information content (AvgIpc) is 3.02. The van der Waals surface area contributed by atoms with E-state index in [1.165, 1.54) is 25.7 Å². The second-order valence-electron chi connectivity index (χ2n) is 6.34. The van der Waals surface area contributed by atoms with Gasteiger partial charge >= 0.3 is 0 Å². The van der Waals surface area contributed by atoms with E-state index in [0.717, 1.165) is 43.4 Å². The van der Waals surface area contributed by atoms with Crippen molar-refractivity contribution in [2.24, 2.45) is 10.9 Å². The van der Waals surface area contributed by atoms with E-state index >= 15 is 0 Å². The highest BCUT2D eigenvalue weighted by Crippen LogP contribution is 2.26. The minimum Gasteiger partial charge on any atom is -0.474 e. The summed E-state index contributed by atoms with van der Waals surface area (Å²) in [6.45, 7) is 4.57. The molecule has 1 aromatic rings. The van der Waals surface area contributed by atoms with E-state index in [1.807, 2.05) is 18.5 Å². The van der Waals surface area contributed by atoms with E-state index in [2.05, 4.69) is 21.8 Å². The number of ether oxygens (including phenoxy) is 1. The van der Waals surface area contributed by atoms with Gasteiger partial charge < -0.3 is 9.64 Å². The lowest BCUT2D eigenvalue weighted by atomic mass is 9.89. The van der Waals surface area contributed by atoms with E-state index in [9.17, 15) is 0 Å². The monoisotopic (exact) mass is 287 g/mol. The van der Waals surface area contributed by atoms with Gasteiger partial charge in [-0.3, -0.25) is 0 Å². The first kappa shape index (κ1) is 14.4. The molecule has 114 valence electrons. The van der Waals surface area contributed by atoms with Crippen LogP contribution in [-0.4, -0.2) is 35.4 Å². The number of likely N-dealkylation sites (tertiary alicyclic amines) is 1. The molecule has 1 saturated carbocycles. The molecule has 0 N–H and O–H groups in total. The Bertz CT molecular complexity index is 457. The molecule has 1 aliphatic heterocycles. The van der Waals surface area contributed by atoms with Crippen LogP contribution in [0.3, 0.4) is 0 Å². The second kappa shape index (κ2) is 6.92. The molecule has 4 heteroatoms. The molecule has 2 heterocycles. The highest BCUT2D eigenvalue weighted by atomic mass is 16.5. The topological polar surface area (TPSA) is 37.7 Å². The number of aromatic nitrogens is 1. The highest BCUT2D eigenvalue weighted by Gasteiger charge is 2.19. The summed E-state index contributed by atoms with van der Waals surface area (Å²) in [6.07, 6.45) is 11.5. The molecule has 0 aromatic carbocycles. The normalized spacial score (nSPS) is 26.4. The first-order valence-electron chi connectivity index (χ1n) is 8.20. The summed E-state index contributed by atoms with van der Waals surface area (Å²) < 4.78 is 5.96. The third-order valence-corrected chi connectivity index (χ3v) is 4.48. The Hall–Kier alpha value is -1.58. The summed E-state index contributed by atoms with van der Waals surface area (Å²) in [6, 6.07) is 3.93. The van der Waals surface area contributed by atoms with Crippen molar-refractivity contribution in [2.75, 3.05) is 13.1 Å². The van der Waals surface area contributed by atoms with Crippen LogP contribution < -0.4 is 4.74 Å². The summed E-state index contributed by atoms with van der Waals surface area (Å²) in [4.78, 5) is 11.1. The molecule has 4 nitrogen and oxygen atoms in total. The minimum absolute atomic E-state index is 0.340. The fourth-order valence-corrected chi connectivity index (χ4v) is 3.04. The molecule has 1 saturated heterocycles. The van der Waals surface area contributed by atoms with Crippen molar-refractivity contribution in [2.45, 2.75) is 51.6 Å². The number of hydrogen-bond donors (Lipinski definition) is 0. The summed E-state index contributed by atoms with van der Waals surface area (Å²) in [7, 11) is 0. The second-order valence-corrected chi connectivity index (χ2v) is 6.34. The highest BCUT2D eigenvalue weighted by molar-refractivity contribution is 5.61. The van der Waals surface area contributed by atoms with E-state index in [1.54, 1.807) is 6.20 Å². The van der Waals surface area contributed by atoms with Crippen LogP contribution in [0.1, 0.15) is 45.4 Å². The van der Waals surface area contributed by atoms with Crippen molar-refractivity contribution in [3.05, 3.63) is 18.3 Å². The van der Waals surface area contributed by atoms with Crippen LogP contribution in [0.15, 0.2) is 23.3 Å². The smallest absolute Gasteiger partial charge is 0.213 e. The van der Waals surface area contributed by atoms with Crippen LogP contribution >= 0.6 is 0 Å². The molecule has 0 bridgehead atoms. The van der Waals surface area contributed by atoms with E-state index in [-0.39, 0.29) is 0 Å². The summed E-state index contributed by atoms with van der Waals surface area (Å²) in [5, 5.41) is 0. The Morgan fingerprint density at radius 2 is 1.95 bits per heavy atom. The molecule has 0 radical (unpaired) electrons. The molecule has 2 aliphatic rings. The molecule has 21 heavy (non-hydrogen) atoms. The lowest BCUT2D eigenvalue weighted by Crippen LogP contribution is -2.23. The fourth-order valence-electron chi connectivity index (χ4n) is 3.04. The number of nitrogens with zero attached hydrogens (tertiary/aromatic N) is 3. The van der Waals surface area contributed by atoms with Crippen LogP contribution in [0, 0.1) is 5.92 Å². The predicted molar refractivity (Wildman–Crippen MR) is 85.2 cm³/mol. The quantitative estimate of drug-likeness (QED) is 0.624. The molecule has 0 unspecified atom stereocenters. The molecule has 0 amide bonds. The standard InChI is InChI=1S/C17H25N3O/c1-14-4-7-16(8-5-14)21-17-9-6-15(12-18-17)19-13-20-10-2-3-11-20/h6,9,12-14,16H,2-5,7-8,10-11H2,1H3. The van der Waals surface area contributed by atoms with E-state index in [0.29, 0.717) is 6.10 Å². The third kappa shape index (κ3) is 4.19. The number of pyridine rings is 1. The molecule has 1 aromatic heterocycles. The van der Waals surface area contributed by atoms with Crippen molar-refractivity contribution in [1.29, 1.82) is 0 Å². The molecule has 2 fully saturated rings. The Morgan fingerprint density at radius 1 is 1.19 bits per heavy atom. The summed E-state index contributed by atoms with van der Waals surface area (Å²) >= 11 is 0. The molecule has 1 aliphatic carbocycles. The number of rotatable bonds is 4. The van der Waals surface area contributed by atoms with Gasteiger partial charge in [-0.2, -0.15) is 0 Å². The van der Waals surface area contributed by atoms with Gasteiger partial charge in [0.15, 0.2) is 0 Å². The summed E-state index contributed by atoms with van der Waals surface area (Å²) in [5.41, 5.74) is 0.895. The Balaban J connectivity index is 1.51. The van der Waals surface area contributed by atoms with Gasteiger partial charge in [0.2, 0.25) is 5.88 Å². The largest absolute Gasteiger partial charge is 0.474 e. The number of aliphatic imine (C=N–C) groups is 1. The maximum atomic E-state index is 5.96. The van der Waals surface area contributed by atoms with Crippen LogP contribution in [0.25, 0.3) is 0 Å². The molecular formula is C17H25N3O. The van der Waals surface area contributed by atoms with Crippen LogP contribution in [-0.2, 0) is 0 Å². The van der Waals surface area contributed by atoms with Gasteiger partial charge in [0.1, 0.15) is 6.10 Å². The zero-order valence-corrected chi connectivity index (χ0v) is 12.9. The van der Waals surface area contributed by atoms with Gasteiger partial charge in [0, 0.05) is 19.2 Å². The third-order valence-electron chi connectivity index (χ3n) is 4.48. The first-order valence-corrected chi connectivity index (χ1v) is 8.20. The maximum Gasteiger partial charge on any atom is 0.213 e. The predicted octanol–water partition coefficient (Wildman–Crippen LogP) is 3.79. The molecular weight excluding hydrogens is 262 g/mol. The van der Waals surface area contributed by atoms with Crippen LogP contribution in [0.2, 0.25) is 0 Å². The Kier molecular flexibility index (Phi) is 4.73. The van der Waals surface area contributed by atoms with Gasteiger partial charge in [-0.05, 0) is 50.5 Å². The average molecular weight is 287 g/mol. The molecule has 0 atom stereocenters.